The summed E-state index contributed by atoms with van der Waals surface area (Å²) in [6.45, 7) is 2.56. The lowest BCUT2D eigenvalue weighted by Crippen LogP contribution is -2.35. The molecule has 1 saturated carbocycles. The number of hydrogen-bond donors (Lipinski definition) is 1. The fourth-order valence-corrected chi connectivity index (χ4v) is 3.59. The van der Waals surface area contributed by atoms with E-state index < -0.39 is 5.60 Å². The van der Waals surface area contributed by atoms with Crippen LogP contribution in [0.2, 0.25) is 5.02 Å². The maximum absolute atomic E-state index is 10.6. The Hall–Kier alpha value is -1.43. The average molecular weight is 334 g/mol. The minimum atomic E-state index is -0.458. The van der Waals surface area contributed by atoms with Gasteiger partial charge in [-0.1, -0.05) is 28.9 Å². The summed E-state index contributed by atoms with van der Waals surface area (Å²) in [4.78, 5) is 6.73. The van der Waals surface area contributed by atoms with Gasteiger partial charge >= 0.3 is 0 Å². The van der Waals surface area contributed by atoms with Crippen molar-refractivity contribution in [1.29, 1.82) is 0 Å². The number of nitrogens with zero attached hydrogens (tertiary/aromatic N) is 3. The van der Waals surface area contributed by atoms with Crippen LogP contribution in [0.25, 0.3) is 11.4 Å². The normalized spacial score (nSPS) is 25.1. The van der Waals surface area contributed by atoms with E-state index in [0.717, 1.165) is 31.6 Å². The van der Waals surface area contributed by atoms with Crippen LogP contribution in [0.15, 0.2) is 28.8 Å². The number of benzene rings is 1. The van der Waals surface area contributed by atoms with Gasteiger partial charge in [0.15, 0.2) is 0 Å². The van der Waals surface area contributed by atoms with Crippen LogP contribution in [-0.2, 0) is 6.42 Å². The van der Waals surface area contributed by atoms with Gasteiger partial charge in [-0.3, -0.25) is 4.90 Å². The third kappa shape index (κ3) is 3.27. The van der Waals surface area contributed by atoms with Crippen LogP contribution in [0.1, 0.15) is 25.2 Å². The highest BCUT2D eigenvalue weighted by molar-refractivity contribution is 6.30. The Bertz CT molecular complexity index is 701. The summed E-state index contributed by atoms with van der Waals surface area (Å²) in [5, 5.41) is 15.3. The van der Waals surface area contributed by atoms with E-state index in [1.165, 1.54) is 12.8 Å². The zero-order valence-corrected chi connectivity index (χ0v) is 13.7. The molecule has 2 fully saturated rings. The first-order valence-electron chi connectivity index (χ1n) is 8.16. The molecule has 4 rings (SSSR count). The molecule has 1 saturated heterocycles. The molecule has 0 bridgehead atoms. The minimum Gasteiger partial charge on any atom is -0.388 e. The Balaban J connectivity index is 1.35. The molecule has 0 spiro atoms. The smallest absolute Gasteiger partial charge is 0.228 e. The molecule has 1 unspecified atom stereocenters. The van der Waals surface area contributed by atoms with Crippen molar-refractivity contribution in [3.63, 3.8) is 0 Å². The average Bonchev–Trinajstić information content (AvgIpc) is 3.18. The summed E-state index contributed by atoms with van der Waals surface area (Å²) in [7, 11) is 0. The monoisotopic (exact) mass is 333 g/mol. The van der Waals surface area contributed by atoms with Crippen molar-refractivity contribution < 1.29 is 9.63 Å². The first-order chi connectivity index (χ1) is 11.1. The van der Waals surface area contributed by atoms with Gasteiger partial charge in [-0.15, -0.1) is 0 Å². The van der Waals surface area contributed by atoms with Crippen molar-refractivity contribution in [1.82, 2.24) is 15.0 Å². The van der Waals surface area contributed by atoms with Crippen LogP contribution in [0.5, 0.6) is 0 Å². The quantitative estimate of drug-likeness (QED) is 0.911. The lowest BCUT2D eigenvalue weighted by molar-refractivity contribution is 0.0270. The molecule has 1 aliphatic carbocycles. The Morgan fingerprint density at radius 3 is 3.04 bits per heavy atom. The van der Waals surface area contributed by atoms with Gasteiger partial charge < -0.3 is 9.63 Å². The predicted molar refractivity (Wildman–Crippen MR) is 87.2 cm³/mol. The molecule has 2 heterocycles. The van der Waals surface area contributed by atoms with E-state index in [4.69, 9.17) is 16.1 Å². The molecule has 122 valence electrons. The lowest BCUT2D eigenvalue weighted by atomic mass is 9.97. The SMILES string of the molecule is OC1(C2CC2)CCN(CCc2nc(-c3cccc(Cl)c3)no2)C1. The highest BCUT2D eigenvalue weighted by Gasteiger charge is 2.47. The number of aliphatic hydroxyl groups is 1. The molecule has 1 aromatic carbocycles. The molecule has 5 nitrogen and oxygen atoms in total. The van der Waals surface area contributed by atoms with Crippen LogP contribution in [-0.4, -0.2) is 45.4 Å². The summed E-state index contributed by atoms with van der Waals surface area (Å²) in [6, 6.07) is 7.43. The van der Waals surface area contributed by atoms with Crippen molar-refractivity contribution in [2.75, 3.05) is 19.6 Å². The Morgan fingerprint density at radius 1 is 1.39 bits per heavy atom. The molecule has 1 atom stereocenters. The Morgan fingerprint density at radius 2 is 2.26 bits per heavy atom. The number of hydrogen-bond acceptors (Lipinski definition) is 5. The summed E-state index contributed by atoms with van der Waals surface area (Å²) >= 11 is 5.99. The molecule has 23 heavy (non-hydrogen) atoms. The van der Waals surface area contributed by atoms with E-state index in [9.17, 15) is 5.11 Å². The zero-order chi connectivity index (χ0) is 15.9. The van der Waals surface area contributed by atoms with Crippen molar-refractivity contribution in [2.24, 2.45) is 5.92 Å². The molecule has 6 heteroatoms. The van der Waals surface area contributed by atoms with E-state index >= 15 is 0 Å². The number of rotatable bonds is 5. The lowest BCUT2D eigenvalue weighted by Gasteiger charge is -2.22. The maximum atomic E-state index is 10.6. The van der Waals surface area contributed by atoms with Crippen molar-refractivity contribution in [3.05, 3.63) is 35.2 Å². The van der Waals surface area contributed by atoms with Crippen molar-refractivity contribution in [3.8, 4) is 11.4 Å². The zero-order valence-electron chi connectivity index (χ0n) is 12.9. The molecule has 1 N–H and O–H groups in total. The number of halogens is 1. The molecule has 1 aromatic heterocycles. The van der Waals surface area contributed by atoms with Gasteiger partial charge in [-0.25, -0.2) is 0 Å². The third-order valence-corrected chi connectivity index (χ3v) is 5.12. The van der Waals surface area contributed by atoms with Crippen LogP contribution < -0.4 is 0 Å². The number of likely N-dealkylation sites (tertiary alicyclic amines) is 1. The molecule has 1 aliphatic heterocycles. The third-order valence-electron chi connectivity index (χ3n) is 4.89. The Labute approximate surface area is 140 Å². The molecular weight excluding hydrogens is 314 g/mol. The number of β-amino-alcohol motifs (C(OH)–C–C–N with tert-alkyl or cyclic N) is 1. The van der Waals surface area contributed by atoms with Gasteiger partial charge in [0.05, 0.1) is 5.60 Å². The standard InChI is InChI=1S/C17H20ClN3O2/c18-14-3-1-2-12(10-14)16-19-15(23-20-16)6-8-21-9-7-17(22,11-21)13-4-5-13/h1-3,10,13,22H,4-9,11H2. The van der Waals surface area contributed by atoms with E-state index in [1.807, 2.05) is 24.3 Å². The highest BCUT2D eigenvalue weighted by Crippen LogP contribution is 2.44. The first-order valence-corrected chi connectivity index (χ1v) is 8.53. The summed E-state index contributed by atoms with van der Waals surface area (Å²) in [5.41, 5.74) is 0.401. The van der Waals surface area contributed by atoms with Crippen LogP contribution in [0.4, 0.5) is 0 Å². The molecule has 2 aromatic rings. The van der Waals surface area contributed by atoms with Gasteiger partial charge in [0.1, 0.15) is 0 Å². The molecular formula is C17H20ClN3O2. The maximum Gasteiger partial charge on any atom is 0.228 e. The first kappa shape index (κ1) is 15.1. The van der Waals surface area contributed by atoms with E-state index in [2.05, 4.69) is 15.0 Å². The second-order valence-corrected chi connectivity index (χ2v) is 7.11. The van der Waals surface area contributed by atoms with E-state index in [-0.39, 0.29) is 0 Å². The summed E-state index contributed by atoms with van der Waals surface area (Å²) in [6.07, 6.45) is 3.94. The van der Waals surface area contributed by atoms with Crippen LogP contribution in [0, 0.1) is 5.92 Å². The van der Waals surface area contributed by atoms with Gasteiger partial charge in [0.2, 0.25) is 11.7 Å². The fourth-order valence-electron chi connectivity index (χ4n) is 3.40. The second-order valence-electron chi connectivity index (χ2n) is 6.68. The molecule has 0 radical (unpaired) electrons. The highest BCUT2D eigenvalue weighted by atomic mass is 35.5. The van der Waals surface area contributed by atoms with Crippen molar-refractivity contribution in [2.45, 2.75) is 31.3 Å². The predicted octanol–water partition coefficient (Wildman–Crippen LogP) is 2.78. The fraction of sp³-hybridized carbons (Fsp3) is 0.529. The van der Waals surface area contributed by atoms with Gasteiger partial charge in [-0.05, 0) is 37.3 Å². The molecule has 2 aliphatic rings. The second kappa shape index (κ2) is 5.89. The minimum absolute atomic E-state index is 0.458. The summed E-state index contributed by atoms with van der Waals surface area (Å²) < 4.78 is 5.34. The Kier molecular flexibility index (Phi) is 3.87. The van der Waals surface area contributed by atoms with Gasteiger partial charge in [0, 0.05) is 36.6 Å². The van der Waals surface area contributed by atoms with E-state index in [1.54, 1.807) is 0 Å². The molecule has 0 amide bonds. The van der Waals surface area contributed by atoms with Crippen molar-refractivity contribution >= 4 is 11.6 Å². The van der Waals surface area contributed by atoms with Gasteiger partial charge in [-0.2, -0.15) is 4.98 Å². The van der Waals surface area contributed by atoms with Crippen LogP contribution >= 0.6 is 11.6 Å². The van der Waals surface area contributed by atoms with E-state index in [0.29, 0.717) is 29.1 Å². The topological polar surface area (TPSA) is 62.4 Å². The van der Waals surface area contributed by atoms with Crippen LogP contribution in [0.3, 0.4) is 0 Å². The summed E-state index contributed by atoms with van der Waals surface area (Å²) in [5.74, 6) is 1.71. The largest absolute Gasteiger partial charge is 0.388 e. The number of aromatic nitrogens is 2. The van der Waals surface area contributed by atoms with Gasteiger partial charge in [0.25, 0.3) is 0 Å².